The molecule has 0 radical (unpaired) electrons. The van der Waals surface area contributed by atoms with Gasteiger partial charge in [0.05, 0.1) is 29.2 Å². The molecule has 0 aliphatic carbocycles. The second kappa shape index (κ2) is 8.93. The molecule has 1 unspecified atom stereocenters. The highest BCUT2D eigenvalue weighted by Gasteiger charge is 2.23. The first-order chi connectivity index (χ1) is 15.0. The van der Waals surface area contributed by atoms with E-state index in [2.05, 4.69) is 15.3 Å². The molecule has 0 aliphatic rings. The van der Waals surface area contributed by atoms with Gasteiger partial charge in [0.25, 0.3) is 11.8 Å². The number of carbonyl (C=O) groups excluding carboxylic acids is 2. The molecule has 4 rings (SSSR count). The van der Waals surface area contributed by atoms with Crippen molar-refractivity contribution in [1.29, 1.82) is 0 Å². The summed E-state index contributed by atoms with van der Waals surface area (Å²) in [5, 5.41) is 5.73. The van der Waals surface area contributed by atoms with Gasteiger partial charge >= 0.3 is 0 Å². The monoisotopic (exact) mass is 432 g/mol. The Kier molecular flexibility index (Phi) is 5.90. The Bertz CT molecular complexity index is 1190. The molecule has 1 N–H and O–H groups in total. The number of pyridine rings is 1. The smallest absolute Gasteiger partial charge is 0.293 e. The van der Waals surface area contributed by atoms with E-state index < -0.39 is 0 Å². The van der Waals surface area contributed by atoms with Crippen molar-refractivity contribution in [3.8, 4) is 11.3 Å². The Hall–Kier alpha value is -3.78. The second-order valence-corrected chi connectivity index (χ2v) is 7.75. The first-order valence-electron chi connectivity index (χ1n) is 9.62. The molecular weight excluding hydrogens is 412 g/mol. The zero-order valence-electron chi connectivity index (χ0n) is 17.0. The molecule has 1 atom stereocenters. The van der Waals surface area contributed by atoms with Gasteiger partial charge in [0.1, 0.15) is 5.01 Å². The fraction of sp³-hybridized carbons (Fsp3) is 0.130. The lowest BCUT2D eigenvalue weighted by Gasteiger charge is -2.20. The van der Waals surface area contributed by atoms with E-state index in [1.165, 1.54) is 22.5 Å². The van der Waals surface area contributed by atoms with Crippen LogP contribution in [0.1, 0.15) is 38.9 Å². The number of thiazole rings is 1. The van der Waals surface area contributed by atoms with Crippen molar-refractivity contribution in [3.05, 3.63) is 88.9 Å². The number of para-hydroxylation sites is 1. The van der Waals surface area contributed by atoms with Gasteiger partial charge in [0.2, 0.25) is 0 Å². The van der Waals surface area contributed by atoms with Gasteiger partial charge in [0, 0.05) is 30.4 Å². The van der Waals surface area contributed by atoms with Crippen molar-refractivity contribution in [1.82, 2.24) is 15.3 Å². The number of benzene rings is 1. The van der Waals surface area contributed by atoms with Crippen LogP contribution in [-0.2, 0) is 0 Å². The average Bonchev–Trinajstić information content (AvgIpc) is 3.51. The van der Waals surface area contributed by atoms with Crippen LogP contribution in [0.2, 0.25) is 0 Å². The number of amides is 2. The van der Waals surface area contributed by atoms with Gasteiger partial charge in [-0.05, 0) is 43.3 Å². The summed E-state index contributed by atoms with van der Waals surface area (Å²) in [4.78, 5) is 35.8. The molecule has 7 nitrogen and oxygen atoms in total. The van der Waals surface area contributed by atoms with Crippen LogP contribution >= 0.6 is 11.3 Å². The molecule has 0 aliphatic heterocycles. The minimum Gasteiger partial charge on any atom is -0.459 e. The van der Waals surface area contributed by atoms with Crippen LogP contribution in [-0.4, -0.2) is 28.8 Å². The highest BCUT2D eigenvalue weighted by molar-refractivity contribution is 7.10. The average molecular weight is 433 g/mol. The Morgan fingerprint density at radius 1 is 1.10 bits per heavy atom. The Labute approximate surface area is 183 Å². The number of carbonyl (C=O) groups is 2. The van der Waals surface area contributed by atoms with Crippen LogP contribution in [0.4, 0.5) is 5.69 Å². The van der Waals surface area contributed by atoms with E-state index in [1.807, 2.05) is 24.4 Å². The lowest BCUT2D eigenvalue weighted by Crippen LogP contribution is -2.31. The third-order valence-electron chi connectivity index (χ3n) is 4.76. The summed E-state index contributed by atoms with van der Waals surface area (Å²) < 4.78 is 5.20. The molecule has 3 aromatic heterocycles. The predicted octanol–water partition coefficient (Wildman–Crippen LogP) is 4.57. The van der Waals surface area contributed by atoms with Crippen LogP contribution < -0.4 is 10.2 Å². The van der Waals surface area contributed by atoms with Crippen molar-refractivity contribution < 1.29 is 14.0 Å². The zero-order valence-corrected chi connectivity index (χ0v) is 17.8. The number of hydrogen-bond donors (Lipinski definition) is 1. The third-order valence-corrected chi connectivity index (χ3v) is 5.79. The number of aromatic nitrogens is 2. The summed E-state index contributed by atoms with van der Waals surface area (Å²) in [6.07, 6.45) is 4.88. The summed E-state index contributed by atoms with van der Waals surface area (Å²) in [5.74, 6) is -0.416. The summed E-state index contributed by atoms with van der Waals surface area (Å²) in [6.45, 7) is 1.88. The van der Waals surface area contributed by atoms with E-state index in [0.29, 0.717) is 11.3 Å². The fourth-order valence-corrected chi connectivity index (χ4v) is 3.95. The summed E-state index contributed by atoms with van der Waals surface area (Å²) in [5.41, 5.74) is 2.69. The SMILES string of the molecule is CC(NC(=O)c1ccccc1N(C)C(=O)c1ccco1)c1nc(-c2ccncc2)cs1. The minimum atomic E-state index is -0.333. The summed E-state index contributed by atoms with van der Waals surface area (Å²) >= 11 is 1.48. The van der Waals surface area contributed by atoms with E-state index >= 15 is 0 Å². The van der Waals surface area contributed by atoms with Gasteiger partial charge in [-0.15, -0.1) is 11.3 Å². The number of rotatable bonds is 6. The first-order valence-corrected chi connectivity index (χ1v) is 10.5. The Morgan fingerprint density at radius 3 is 2.61 bits per heavy atom. The van der Waals surface area contributed by atoms with Gasteiger partial charge in [-0.2, -0.15) is 0 Å². The Morgan fingerprint density at radius 2 is 1.87 bits per heavy atom. The van der Waals surface area contributed by atoms with Crippen LogP contribution in [0.3, 0.4) is 0 Å². The number of hydrogen-bond acceptors (Lipinski definition) is 6. The summed E-state index contributed by atoms with van der Waals surface area (Å²) in [6, 6.07) is 13.7. The van der Waals surface area contributed by atoms with E-state index in [0.717, 1.165) is 16.3 Å². The topological polar surface area (TPSA) is 88.3 Å². The van der Waals surface area contributed by atoms with E-state index in [4.69, 9.17) is 4.42 Å². The molecule has 0 saturated carbocycles. The van der Waals surface area contributed by atoms with Crippen LogP contribution in [0.5, 0.6) is 0 Å². The quantitative estimate of drug-likeness (QED) is 0.482. The highest BCUT2D eigenvalue weighted by atomic mass is 32.1. The molecule has 31 heavy (non-hydrogen) atoms. The van der Waals surface area contributed by atoms with Crippen LogP contribution in [0.15, 0.2) is 77.0 Å². The molecule has 2 amide bonds. The minimum absolute atomic E-state index is 0.206. The molecule has 4 aromatic rings. The fourth-order valence-electron chi connectivity index (χ4n) is 3.11. The molecule has 0 spiro atoms. The van der Waals surface area contributed by atoms with Gasteiger partial charge in [-0.3, -0.25) is 14.6 Å². The maximum absolute atomic E-state index is 13.0. The van der Waals surface area contributed by atoms with E-state index in [9.17, 15) is 9.59 Å². The van der Waals surface area contributed by atoms with Gasteiger partial charge in [0.15, 0.2) is 5.76 Å². The number of nitrogens with one attached hydrogen (secondary N) is 1. The second-order valence-electron chi connectivity index (χ2n) is 6.86. The van der Waals surface area contributed by atoms with E-state index in [-0.39, 0.29) is 23.6 Å². The Balaban J connectivity index is 1.52. The zero-order chi connectivity index (χ0) is 21.8. The molecule has 0 saturated heterocycles. The molecule has 156 valence electrons. The van der Waals surface area contributed by atoms with Crippen molar-refractivity contribution in [2.45, 2.75) is 13.0 Å². The van der Waals surface area contributed by atoms with Crippen molar-refractivity contribution in [3.63, 3.8) is 0 Å². The third kappa shape index (κ3) is 4.39. The normalized spacial score (nSPS) is 11.7. The standard InChI is InChI=1S/C23H20N4O3S/c1-15(22-26-18(14-31-22)16-9-11-24-12-10-16)25-21(28)17-6-3-4-7-19(17)27(2)23(29)20-8-5-13-30-20/h3-15H,1-2H3,(H,25,28). The van der Waals surface area contributed by atoms with Crippen molar-refractivity contribution in [2.75, 3.05) is 11.9 Å². The van der Waals surface area contributed by atoms with Crippen LogP contribution in [0, 0.1) is 0 Å². The number of anilines is 1. The van der Waals surface area contributed by atoms with Gasteiger partial charge < -0.3 is 14.6 Å². The largest absolute Gasteiger partial charge is 0.459 e. The first kappa shape index (κ1) is 20.5. The number of furan rings is 1. The molecule has 3 heterocycles. The van der Waals surface area contributed by atoms with Gasteiger partial charge in [-0.1, -0.05) is 12.1 Å². The molecule has 8 heteroatoms. The lowest BCUT2D eigenvalue weighted by molar-refractivity contribution is 0.0940. The van der Waals surface area contributed by atoms with Crippen molar-refractivity contribution in [2.24, 2.45) is 0 Å². The van der Waals surface area contributed by atoms with E-state index in [1.54, 1.807) is 55.8 Å². The summed E-state index contributed by atoms with van der Waals surface area (Å²) in [7, 11) is 1.61. The molecule has 0 fully saturated rings. The van der Waals surface area contributed by atoms with Crippen LogP contribution in [0.25, 0.3) is 11.3 Å². The molecule has 0 bridgehead atoms. The maximum Gasteiger partial charge on any atom is 0.293 e. The molecular formula is C23H20N4O3S. The molecule has 1 aromatic carbocycles. The highest BCUT2D eigenvalue weighted by Crippen LogP contribution is 2.26. The maximum atomic E-state index is 13.0. The lowest BCUT2D eigenvalue weighted by atomic mass is 10.1. The van der Waals surface area contributed by atoms with Gasteiger partial charge in [-0.25, -0.2) is 4.98 Å². The van der Waals surface area contributed by atoms with Crippen molar-refractivity contribution >= 4 is 28.8 Å². The number of nitrogens with zero attached hydrogens (tertiary/aromatic N) is 3. The predicted molar refractivity (Wildman–Crippen MR) is 119 cm³/mol.